The van der Waals surface area contributed by atoms with E-state index < -0.39 is 16.6 Å². The second kappa shape index (κ2) is 9.57. The maximum absolute atomic E-state index is 5.98. The number of hydrogen-bond donors (Lipinski definition) is 0. The van der Waals surface area contributed by atoms with Gasteiger partial charge >= 0.3 is 0 Å². The van der Waals surface area contributed by atoms with Crippen molar-refractivity contribution in [1.82, 2.24) is 9.47 Å². The number of rotatable bonds is 10. The van der Waals surface area contributed by atoms with E-state index in [1.807, 2.05) is 0 Å². The van der Waals surface area contributed by atoms with Crippen molar-refractivity contribution in [1.29, 1.82) is 0 Å². The van der Waals surface area contributed by atoms with Crippen LogP contribution in [0.5, 0.6) is 0 Å². The second-order valence-electron chi connectivity index (χ2n) is 8.36. The van der Waals surface area contributed by atoms with Crippen LogP contribution in [0.3, 0.4) is 0 Å². The SMILES string of the molecule is CCO[Si](C)(C)CCCN(CCN1CCCCC1)[Si](C)(C)C. The van der Waals surface area contributed by atoms with Gasteiger partial charge in [-0.1, -0.05) is 26.1 Å². The molecular formula is C17H40N2OSi2. The summed E-state index contributed by atoms with van der Waals surface area (Å²) in [7, 11) is -2.61. The minimum Gasteiger partial charge on any atom is -0.418 e. The highest BCUT2D eigenvalue weighted by Crippen LogP contribution is 2.17. The van der Waals surface area contributed by atoms with E-state index in [1.165, 1.54) is 64.5 Å². The van der Waals surface area contributed by atoms with Gasteiger partial charge in [-0.15, -0.1) is 0 Å². The highest BCUT2D eigenvalue weighted by atomic mass is 28.4. The molecule has 0 aromatic heterocycles. The van der Waals surface area contributed by atoms with Crippen LogP contribution in [-0.2, 0) is 4.43 Å². The number of nitrogens with zero attached hydrogens (tertiary/aromatic N) is 2. The van der Waals surface area contributed by atoms with Gasteiger partial charge in [-0.25, -0.2) is 0 Å². The molecule has 5 heteroatoms. The van der Waals surface area contributed by atoms with Gasteiger partial charge in [0.25, 0.3) is 0 Å². The molecule has 22 heavy (non-hydrogen) atoms. The smallest absolute Gasteiger partial charge is 0.186 e. The predicted octanol–water partition coefficient (Wildman–Crippen LogP) is 4.24. The van der Waals surface area contributed by atoms with Crippen LogP contribution in [0.25, 0.3) is 0 Å². The fraction of sp³-hybridized carbons (Fsp3) is 1.00. The molecule has 132 valence electrons. The Labute approximate surface area is 141 Å². The maximum atomic E-state index is 5.98. The Morgan fingerprint density at radius 3 is 2.14 bits per heavy atom. The van der Waals surface area contributed by atoms with E-state index in [9.17, 15) is 0 Å². The predicted molar refractivity (Wildman–Crippen MR) is 104 cm³/mol. The zero-order valence-corrected chi connectivity index (χ0v) is 18.1. The van der Waals surface area contributed by atoms with Gasteiger partial charge in [0, 0.05) is 19.7 Å². The third-order valence-corrected chi connectivity index (χ3v) is 9.80. The molecule has 0 aromatic carbocycles. The molecule has 0 aliphatic carbocycles. The highest BCUT2D eigenvalue weighted by Gasteiger charge is 2.26. The van der Waals surface area contributed by atoms with Gasteiger partial charge in [-0.05, 0) is 65.0 Å². The Hall–Kier alpha value is 0.314. The zero-order chi connectivity index (χ0) is 16.6. The molecule has 0 N–H and O–H groups in total. The molecule has 0 atom stereocenters. The number of likely N-dealkylation sites (tertiary alicyclic amines) is 1. The minimum atomic E-state index is -1.41. The lowest BCUT2D eigenvalue weighted by Gasteiger charge is -2.37. The standard InChI is InChI=1S/C17H40N2OSi2/c1-7-20-22(5,6)17-11-14-19(21(2,3)4)16-15-18-12-9-8-10-13-18/h7-17H2,1-6H3. The number of piperidine rings is 1. The zero-order valence-electron chi connectivity index (χ0n) is 16.1. The molecular weight excluding hydrogens is 304 g/mol. The van der Waals surface area contributed by atoms with E-state index in [1.54, 1.807) is 0 Å². The molecule has 0 aromatic rings. The highest BCUT2D eigenvalue weighted by molar-refractivity contribution is 6.73. The average molecular weight is 345 g/mol. The Morgan fingerprint density at radius 2 is 1.59 bits per heavy atom. The molecule has 1 aliphatic rings. The Bertz CT molecular complexity index is 300. The lowest BCUT2D eigenvalue weighted by molar-refractivity contribution is 0.211. The quantitative estimate of drug-likeness (QED) is 0.551. The lowest BCUT2D eigenvalue weighted by Crippen LogP contribution is -2.50. The van der Waals surface area contributed by atoms with Crippen molar-refractivity contribution in [2.24, 2.45) is 0 Å². The van der Waals surface area contributed by atoms with E-state index >= 15 is 0 Å². The fourth-order valence-corrected chi connectivity index (χ4v) is 6.92. The lowest BCUT2D eigenvalue weighted by atomic mass is 10.1. The Morgan fingerprint density at radius 1 is 0.955 bits per heavy atom. The van der Waals surface area contributed by atoms with Gasteiger partial charge in [-0.3, -0.25) is 0 Å². The van der Waals surface area contributed by atoms with Crippen LogP contribution < -0.4 is 0 Å². The Balaban J connectivity index is 2.37. The van der Waals surface area contributed by atoms with Crippen molar-refractivity contribution in [2.75, 3.05) is 39.3 Å². The molecule has 1 fully saturated rings. The summed E-state index contributed by atoms with van der Waals surface area (Å²) in [4.78, 5) is 2.68. The largest absolute Gasteiger partial charge is 0.418 e. The van der Waals surface area contributed by atoms with E-state index in [4.69, 9.17) is 4.43 Å². The third-order valence-electron chi connectivity index (χ3n) is 4.83. The van der Waals surface area contributed by atoms with Crippen molar-refractivity contribution in [3.05, 3.63) is 0 Å². The fourth-order valence-electron chi connectivity index (χ4n) is 3.39. The normalized spacial score (nSPS) is 18.1. The van der Waals surface area contributed by atoms with Crippen molar-refractivity contribution in [2.45, 2.75) is 71.4 Å². The van der Waals surface area contributed by atoms with Gasteiger partial charge in [-0.2, -0.15) is 0 Å². The molecule has 1 heterocycles. The van der Waals surface area contributed by atoms with Gasteiger partial charge < -0.3 is 13.9 Å². The van der Waals surface area contributed by atoms with Crippen LogP contribution in [0.1, 0.15) is 32.6 Å². The topological polar surface area (TPSA) is 15.7 Å². The van der Waals surface area contributed by atoms with Gasteiger partial charge in [0.1, 0.15) is 8.24 Å². The first-order valence-corrected chi connectivity index (χ1v) is 15.9. The third kappa shape index (κ3) is 8.25. The summed E-state index contributed by atoms with van der Waals surface area (Å²) in [5.41, 5.74) is 0. The molecule has 0 unspecified atom stereocenters. The first-order valence-electron chi connectivity index (χ1n) is 9.36. The van der Waals surface area contributed by atoms with Crippen molar-refractivity contribution in [3.63, 3.8) is 0 Å². The summed E-state index contributed by atoms with van der Waals surface area (Å²) < 4.78 is 8.79. The van der Waals surface area contributed by atoms with Crippen LogP contribution in [0.2, 0.25) is 38.8 Å². The van der Waals surface area contributed by atoms with Crippen molar-refractivity contribution in [3.8, 4) is 0 Å². The van der Waals surface area contributed by atoms with Gasteiger partial charge in [0.2, 0.25) is 0 Å². The average Bonchev–Trinajstić information content (AvgIpc) is 2.42. The molecule has 3 nitrogen and oxygen atoms in total. The number of hydrogen-bond acceptors (Lipinski definition) is 3. The van der Waals surface area contributed by atoms with E-state index in [2.05, 4.69) is 49.1 Å². The minimum absolute atomic E-state index is 0.881. The summed E-state index contributed by atoms with van der Waals surface area (Å²) in [5.74, 6) is 0. The molecule has 1 rings (SSSR count). The summed E-state index contributed by atoms with van der Waals surface area (Å²) >= 11 is 0. The summed E-state index contributed by atoms with van der Waals surface area (Å²) in [6.07, 6.45) is 5.55. The van der Waals surface area contributed by atoms with E-state index in [0.29, 0.717) is 0 Å². The van der Waals surface area contributed by atoms with Crippen LogP contribution >= 0.6 is 0 Å². The molecule has 1 saturated heterocycles. The van der Waals surface area contributed by atoms with Crippen LogP contribution in [0.15, 0.2) is 0 Å². The first-order chi connectivity index (χ1) is 10.2. The van der Waals surface area contributed by atoms with E-state index in [-0.39, 0.29) is 0 Å². The second-order valence-corrected chi connectivity index (χ2v) is 17.6. The van der Waals surface area contributed by atoms with E-state index in [0.717, 1.165) is 6.61 Å². The molecule has 0 saturated carbocycles. The monoisotopic (exact) mass is 344 g/mol. The summed E-state index contributed by atoms with van der Waals surface area (Å²) in [6, 6.07) is 1.30. The maximum Gasteiger partial charge on any atom is 0.186 e. The molecule has 0 amide bonds. The molecule has 0 bridgehead atoms. The van der Waals surface area contributed by atoms with Crippen molar-refractivity contribution >= 4 is 16.6 Å². The summed E-state index contributed by atoms with van der Waals surface area (Å²) in [5, 5.41) is 0. The summed E-state index contributed by atoms with van der Waals surface area (Å²) in [6.45, 7) is 21.7. The van der Waals surface area contributed by atoms with Crippen LogP contribution in [0, 0.1) is 0 Å². The van der Waals surface area contributed by atoms with Crippen LogP contribution in [0.4, 0.5) is 0 Å². The molecule has 0 spiro atoms. The van der Waals surface area contributed by atoms with Crippen molar-refractivity contribution < 1.29 is 4.43 Å². The van der Waals surface area contributed by atoms with Gasteiger partial charge in [0.15, 0.2) is 8.32 Å². The molecule has 1 aliphatic heterocycles. The molecule has 0 radical (unpaired) electrons. The van der Waals surface area contributed by atoms with Crippen LogP contribution in [-0.4, -0.2) is 65.3 Å². The first kappa shape index (κ1) is 20.4. The van der Waals surface area contributed by atoms with Gasteiger partial charge in [0.05, 0.1) is 0 Å². The Kier molecular flexibility index (Phi) is 8.86.